The van der Waals surface area contributed by atoms with E-state index in [0.29, 0.717) is 0 Å². The lowest BCUT2D eigenvalue weighted by molar-refractivity contribution is -0.118. The largest absolute Gasteiger partial charge is 0.387 e. The fraction of sp³-hybridized carbons (Fsp3) is 0.375. The highest BCUT2D eigenvalue weighted by molar-refractivity contribution is 7.10. The SMILES string of the molecule is CC(=O)C[C@@H](O)c1cccs1. The Morgan fingerprint density at radius 3 is 3.00 bits per heavy atom. The fourth-order valence-corrected chi connectivity index (χ4v) is 1.57. The van der Waals surface area contributed by atoms with Crippen molar-refractivity contribution in [3.05, 3.63) is 22.4 Å². The number of hydrogen-bond donors (Lipinski definition) is 1. The molecule has 0 aromatic carbocycles. The highest BCUT2D eigenvalue weighted by Crippen LogP contribution is 2.21. The molecular weight excluding hydrogens is 160 g/mol. The van der Waals surface area contributed by atoms with E-state index < -0.39 is 6.10 Å². The molecule has 1 N–H and O–H groups in total. The van der Waals surface area contributed by atoms with Crippen LogP contribution in [0.5, 0.6) is 0 Å². The molecule has 1 rings (SSSR count). The van der Waals surface area contributed by atoms with Crippen LogP contribution in [0.1, 0.15) is 24.3 Å². The molecule has 60 valence electrons. The van der Waals surface area contributed by atoms with Crippen LogP contribution in [0.4, 0.5) is 0 Å². The van der Waals surface area contributed by atoms with Crippen LogP contribution in [0.25, 0.3) is 0 Å². The van der Waals surface area contributed by atoms with Gasteiger partial charge >= 0.3 is 0 Å². The summed E-state index contributed by atoms with van der Waals surface area (Å²) in [5.74, 6) is 0.0194. The highest BCUT2D eigenvalue weighted by atomic mass is 32.1. The van der Waals surface area contributed by atoms with Crippen molar-refractivity contribution in [2.45, 2.75) is 19.4 Å². The lowest BCUT2D eigenvalue weighted by atomic mass is 10.2. The summed E-state index contributed by atoms with van der Waals surface area (Å²) in [6, 6.07) is 3.70. The monoisotopic (exact) mass is 170 g/mol. The minimum atomic E-state index is -0.604. The third kappa shape index (κ3) is 2.44. The van der Waals surface area contributed by atoms with Gasteiger partial charge in [-0.25, -0.2) is 0 Å². The summed E-state index contributed by atoms with van der Waals surface area (Å²) in [7, 11) is 0. The van der Waals surface area contributed by atoms with Gasteiger partial charge in [0.1, 0.15) is 5.78 Å². The predicted molar refractivity (Wildman–Crippen MR) is 44.6 cm³/mol. The van der Waals surface area contributed by atoms with Gasteiger partial charge < -0.3 is 5.11 Å². The second-order valence-electron chi connectivity index (χ2n) is 2.44. The van der Waals surface area contributed by atoms with Crippen molar-refractivity contribution in [1.29, 1.82) is 0 Å². The first-order valence-electron chi connectivity index (χ1n) is 3.41. The Hall–Kier alpha value is -0.670. The molecule has 2 nitrogen and oxygen atoms in total. The van der Waals surface area contributed by atoms with E-state index in [1.165, 1.54) is 18.3 Å². The molecule has 0 radical (unpaired) electrons. The number of carbonyl (C=O) groups is 1. The van der Waals surface area contributed by atoms with Crippen molar-refractivity contribution in [2.24, 2.45) is 0 Å². The molecule has 1 aromatic heterocycles. The summed E-state index contributed by atoms with van der Waals surface area (Å²) >= 11 is 1.47. The summed E-state index contributed by atoms with van der Waals surface area (Å²) in [6.45, 7) is 1.48. The molecule has 3 heteroatoms. The average Bonchev–Trinajstić information content (AvgIpc) is 2.35. The van der Waals surface area contributed by atoms with Crippen LogP contribution in [-0.2, 0) is 4.79 Å². The zero-order chi connectivity index (χ0) is 8.27. The van der Waals surface area contributed by atoms with E-state index in [1.807, 2.05) is 17.5 Å². The molecular formula is C8H10O2S. The van der Waals surface area contributed by atoms with E-state index in [1.54, 1.807) is 0 Å². The number of thiophene rings is 1. The first-order valence-corrected chi connectivity index (χ1v) is 4.29. The van der Waals surface area contributed by atoms with E-state index in [0.717, 1.165) is 4.88 Å². The van der Waals surface area contributed by atoms with Crippen LogP contribution in [0.2, 0.25) is 0 Å². The maximum Gasteiger partial charge on any atom is 0.132 e. The smallest absolute Gasteiger partial charge is 0.132 e. The van der Waals surface area contributed by atoms with E-state index in [9.17, 15) is 9.90 Å². The van der Waals surface area contributed by atoms with E-state index in [4.69, 9.17) is 0 Å². The van der Waals surface area contributed by atoms with Gasteiger partial charge in [-0.1, -0.05) is 6.07 Å². The Kier molecular flexibility index (Phi) is 2.79. The lowest BCUT2D eigenvalue weighted by Gasteiger charge is -2.03. The molecule has 0 saturated heterocycles. The highest BCUT2D eigenvalue weighted by Gasteiger charge is 2.09. The molecule has 11 heavy (non-hydrogen) atoms. The van der Waals surface area contributed by atoms with E-state index >= 15 is 0 Å². The number of carbonyl (C=O) groups excluding carboxylic acids is 1. The fourth-order valence-electron chi connectivity index (χ4n) is 0.854. The Morgan fingerprint density at radius 1 is 1.82 bits per heavy atom. The number of rotatable bonds is 3. The minimum Gasteiger partial charge on any atom is -0.387 e. The Labute approximate surface area is 69.5 Å². The second-order valence-corrected chi connectivity index (χ2v) is 3.42. The molecule has 0 bridgehead atoms. The van der Waals surface area contributed by atoms with Crippen molar-refractivity contribution in [3.8, 4) is 0 Å². The standard InChI is InChI=1S/C8H10O2S/c1-6(9)5-7(10)8-3-2-4-11-8/h2-4,7,10H,5H2,1H3/t7-/m1/s1. The van der Waals surface area contributed by atoms with Crippen molar-refractivity contribution in [3.63, 3.8) is 0 Å². The summed E-state index contributed by atoms with van der Waals surface area (Å²) in [4.78, 5) is 11.5. The average molecular weight is 170 g/mol. The van der Waals surface area contributed by atoms with Crippen LogP contribution >= 0.6 is 11.3 Å². The van der Waals surface area contributed by atoms with Gasteiger partial charge in [-0.05, 0) is 18.4 Å². The van der Waals surface area contributed by atoms with Gasteiger partial charge in [0, 0.05) is 11.3 Å². The van der Waals surface area contributed by atoms with Gasteiger partial charge in [-0.15, -0.1) is 11.3 Å². The Morgan fingerprint density at radius 2 is 2.55 bits per heavy atom. The van der Waals surface area contributed by atoms with E-state index in [-0.39, 0.29) is 12.2 Å². The third-order valence-corrected chi connectivity index (χ3v) is 2.33. The molecule has 0 amide bonds. The molecule has 0 aliphatic carbocycles. The number of ketones is 1. The number of aliphatic hydroxyl groups excluding tert-OH is 1. The van der Waals surface area contributed by atoms with Gasteiger partial charge in [0.05, 0.1) is 6.10 Å². The maximum atomic E-state index is 10.6. The summed E-state index contributed by atoms with van der Waals surface area (Å²) in [6.07, 6.45) is -0.381. The third-order valence-electron chi connectivity index (χ3n) is 1.35. The quantitative estimate of drug-likeness (QED) is 0.750. The molecule has 0 saturated carbocycles. The second kappa shape index (κ2) is 3.64. The van der Waals surface area contributed by atoms with Crippen LogP contribution < -0.4 is 0 Å². The Bertz CT molecular complexity index is 228. The van der Waals surface area contributed by atoms with Crippen LogP contribution in [0, 0.1) is 0 Å². The molecule has 0 aliphatic heterocycles. The van der Waals surface area contributed by atoms with Crippen molar-refractivity contribution >= 4 is 17.1 Å². The summed E-state index contributed by atoms with van der Waals surface area (Å²) in [5, 5.41) is 11.3. The normalized spacial score (nSPS) is 12.9. The van der Waals surface area contributed by atoms with Crippen LogP contribution in [0.3, 0.4) is 0 Å². The van der Waals surface area contributed by atoms with Crippen LogP contribution in [0.15, 0.2) is 17.5 Å². The van der Waals surface area contributed by atoms with Gasteiger partial charge in [0.25, 0.3) is 0 Å². The lowest BCUT2D eigenvalue weighted by Crippen LogP contribution is -2.00. The first-order chi connectivity index (χ1) is 5.20. The van der Waals surface area contributed by atoms with Crippen molar-refractivity contribution in [1.82, 2.24) is 0 Å². The molecule has 0 fully saturated rings. The van der Waals surface area contributed by atoms with E-state index in [2.05, 4.69) is 0 Å². The topological polar surface area (TPSA) is 37.3 Å². The minimum absolute atomic E-state index is 0.0194. The zero-order valence-corrected chi connectivity index (χ0v) is 7.10. The summed E-state index contributed by atoms with van der Waals surface area (Å²) < 4.78 is 0. The van der Waals surface area contributed by atoms with Crippen LogP contribution in [-0.4, -0.2) is 10.9 Å². The molecule has 1 heterocycles. The zero-order valence-electron chi connectivity index (χ0n) is 6.28. The number of Topliss-reactive ketones (excluding diaryl/α,β-unsaturated/α-hetero) is 1. The molecule has 0 aliphatic rings. The predicted octanol–water partition coefficient (Wildman–Crippen LogP) is 1.76. The van der Waals surface area contributed by atoms with Crippen molar-refractivity contribution < 1.29 is 9.90 Å². The molecule has 1 aromatic rings. The van der Waals surface area contributed by atoms with Gasteiger partial charge in [-0.3, -0.25) is 4.79 Å². The molecule has 1 atom stereocenters. The summed E-state index contributed by atoms with van der Waals surface area (Å²) in [5.41, 5.74) is 0. The van der Waals surface area contributed by atoms with Gasteiger partial charge in [-0.2, -0.15) is 0 Å². The van der Waals surface area contributed by atoms with Gasteiger partial charge in [0.15, 0.2) is 0 Å². The maximum absolute atomic E-state index is 10.6. The molecule has 0 spiro atoms. The molecule has 0 unspecified atom stereocenters. The Balaban J connectivity index is 2.56. The van der Waals surface area contributed by atoms with Gasteiger partial charge in [0.2, 0.25) is 0 Å². The number of aliphatic hydroxyl groups is 1. The van der Waals surface area contributed by atoms with Crippen molar-refractivity contribution in [2.75, 3.05) is 0 Å². The number of hydrogen-bond acceptors (Lipinski definition) is 3. The first kappa shape index (κ1) is 8.43.